The Labute approximate surface area is 115 Å². The first-order valence-corrected chi connectivity index (χ1v) is 8.20. The fourth-order valence-electron chi connectivity index (χ4n) is 1.23. The molecule has 0 spiro atoms. The van der Waals surface area contributed by atoms with Gasteiger partial charge in [0.15, 0.2) is 0 Å². The monoisotopic (exact) mass is 341 g/mol. The lowest BCUT2D eigenvalue weighted by Crippen LogP contribution is -2.29. The van der Waals surface area contributed by atoms with E-state index in [0.717, 1.165) is 9.35 Å². The third-order valence-electron chi connectivity index (χ3n) is 2.17. The summed E-state index contributed by atoms with van der Waals surface area (Å²) in [6.45, 7) is 4.72. The highest BCUT2D eigenvalue weighted by Crippen LogP contribution is 2.30. The minimum absolute atomic E-state index is 0.152. The molecule has 0 saturated heterocycles. The molecular formula is C10H16BrNO3S2. The Morgan fingerprint density at radius 2 is 2.24 bits per heavy atom. The number of methoxy groups -OCH3 is 1. The first kappa shape index (κ1) is 15.1. The molecule has 1 aromatic heterocycles. The number of nitrogens with one attached hydrogen (secondary N) is 1. The molecule has 0 radical (unpaired) electrons. The van der Waals surface area contributed by atoms with E-state index in [0.29, 0.717) is 17.4 Å². The van der Waals surface area contributed by atoms with Gasteiger partial charge in [-0.3, -0.25) is 0 Å². The van der Waals surface area contributed by atoms with Gasteiger partial charge in [-0.25, -0.2) is 13.1 Å². The van der Waals surface area contributed by atoms with Crippen LogP contribution in [0.5, 0.6) is 0 Å². The normalized spacial score (nSPS) is 13.9. The molecule has 0 aliphatic carbocycles. The Balaban J connectivity index is 2.69. The van der Waals surface area contributed by atoms with Gasteiger partial charge in [-0.2, -0.15) is 0 Å². The molecule has 1 atom stereocenters. The first-order valence-electron chi connectivity index (χ1n) is 5.11. The van der Waals surface area contributed by atoms with Crippen LogP contribution in [0.4, 0.5) is 0 Å². The molecule has 0 bridgehead atoms. The van der Waals surface area contributed by atoms with E-state index >= 15 is 0 Å². The number of thiophene rings is 1. The van der Waals surface area contributed by atoms with Gasteiger partial charge in [-0.1, -0.05) is 6.92 Å². The maximum absolute atomic E-state index is 11.9. The highest BCUT2D eigenvalue weighted by molar-refractivity contribution is 9.11. The zero-order valence-electron chi connectivity index (χ0n) is 9.99. The molecule has 0 saturated carbocycles. The van der Waals surface area contributed by atoms with E-state index in [9.17, 15) is 8.42 Å². The van der Waals surface area contributed by atoms with E-state index in [1.165, 1.54) is 11.3 Å². The van der Waals surface area contributed by atoms with E-state index < -0.39 is 10.0 Å². The molecule has 1 rings (SSSR count). The van der Waals surface area contributed by atoms with Crippen LogP contribution in [0, 0.1) is 12.8 Å². The molecule has 7 heteroatoms. The van der Waals surface area contributed by atoms with Crippen molar-refractivity contribution in [2.24, 2.45) is 5.92 Å². The van der Waals surface area contributed by atoms with Gasteiger partial charge in [0.2, 0.25) is 10.0 Å². The quantitative estimate of drug-likeness (QED) is 0.864. The molecule has 98 valence electrons. The Bertz CT molecular complexity index is 450. The maximum atomic E-state index is 11.9. The summed E-state index contributed by atoms with van der Waals surface area (Å²) in [5, 5.41) is 0. The molecule has 1 unspecified atom stereocenters. The molecule has 17 heavy (non-hydrogen) atoms. The molecule has 0 aliphatic heterocycles. The molecule has 0 amide bonds. The lowest BCUT2D eigenvalue weighted by Gasteiger charge is -2.10. The van der Waals surface area contributed by atoms with Crippen LogP contribution in [-0.4, -0.2) is 28.7 Å². The van der Waals surface area contributed by atoms with Crippen molar-refractivity contribution in [3.05, 3.63) is 15.4 Å². The molecule has 1 aromatic rings. The molecule has 4 nitrogen and oxygen atoms in total. The highest BCUT2D eigenvalue weighted by Gasteiger charge is 2.18. The summed E-state index contributed by atoms with van der Waals surface area (Å²) in [6.07, 6.45) is 0. The largest absolute Gasteiger partial charge is 0.384 e. The Morgan fingerprint density at radius 3 is 2.71 bits per heavy atom. The van der Waals surface area contributed by atoms with E-state index in [1.54, 1.807) is 13.2 Å². The number of hydrogen-bond acceptors (Lipinski definition) is 4. The molecule has 1 heterocycles. The van der Waals surface area contributed by atoms with Crippen molar-refractivity contribution in [3.8, 4) is 0 Å². The lowest BCUT2D eigenvalue weighted by molar-refractivity contribution is 0.161. The van der Waals surface area contributed by atoms with Crippen LogP contribution in [0.15, 0.2) is 14.1 Å². The van der Waals surface area contributed by atoms with E-state index in [4.69, 9.17) is 4.74 Å². The van der Waals surface area contributed by atoms with Crippen molar-refractivity contribution >= 4 is 37.3 Å². The zero-order valence-corrected chi connectivity index (χ0v) is 13.2. The van der Waals surface area contributed by atoms with Crippen LogP contribution in [-0.2, 0) is 14.8 Å². The summed E-state index contributed by atoms with van der Waals surface area (Å²) in [6, 6.07) is 1.66. The van der Waals surface area contributed by atoms with Crippen LogP contribution in [0.1, 0.15) is 12.5 Å². The van der Waals surface area contributed by atoms with Crippen molar-refractivity contribution < 1.29 is 13.2 Å². The number of hydrogen-bond donors (Lipinski definition) is 1. The SMILES string of the molecule is COCC(C)CNS(=O)(=O)c1cc(C)c(Br)s1. The van der Waals surface area contributed by atoms with Crippen molar-refractivity contribution in [1.29, 1.82) is 0 Å². The van der Waals surface area contributed by atoms with Crippen molar-refractivity contribution in [3.63, 3.8) is 0 Å². The topological polar surface area (TPSA) is 55.4 Å². The second kappa shape index (κ2) is 6.29. The van der Waals surface area contributed by atoms with Gasteiger partial charge in [0.25, 0.3) is 0 Å². The molecule has 0 fully saturated rings. The molecule has 0 aromatic carbocycles. The first-order chi connectivity index (χ1) is 7.86. The second-order valence-corrected chi connectivity index (χ2v) is 8.30. The molecular weight excluding hydrogens is 326 g/mol. The summed E-state index contributed by atoms with van der Waals surface area (Å²) in [5.74, 6) is 0.152. The Morgan fingerprint density at radius 1 is 1.59 bits per heavy atom. The summed E-state index contributed by atoms with van der Waals surface area (Å²) in [7, 11) is -1.79. The van der Waals surface area contributed by atoms with Crippen LogP contribution >= 0.6 is 27.3 Å². The summed E-state index contributed by atoms with van der Waals surface area (Å²) < 4.78 is 32.6. The van der Waals surface area contributed by atoms with Gasteiger partial charge >= 0.3 is 0 Å². The minimum atomic E-state index is -3.39. The van der Waals surface area contributed by atoms with Crippen molar-refractivity contribution in [2.75, 3.05) is 20.3 Å². The number of ether oxygens (including phenoxy) is 1. The average Bonchev–Trinajstić information content (AvgIpc) is 2.58. The third kappa shape index (κ3) is 4.33. The lowest BCUT2D eigenvalue weighted by atomic mass is 10.2. The van der Waals surface area contributed by atoms with Crippen LogP contribution < -0.4 is 4.72 Å². The number of aryl methyl sites for hydroxylation is 1. The van der Waals surface area contributed by atoms with Crippen LogP contribution in [0.3, 0.4) is 0 Å². The number of sulfonamides is 1. The summed E-state index contributed by atoms with van der Waals surface area (Å²) in [5.41, 5.74) is 0.931. The molecule has 1 N–H and O–H groups in total. The van der Waals surface area contributed by atoms with Crippen LogP contribution in [0.25, 0.3) is 0 Å². The van der Waals surface area contributed by atoms with Gasteiger partial charge in [-0.05, 0) is 40.4 Å². The van der Waals surface area contributed by atoms with Gasteiger partial charge < -0.3 is 4.74 Å². The fraction of sp³-hybridized carbons (Fsp3) is 0.600. The number of rotatable bonds is 6. The van der Waals surface area contributed by atoms with Crippen molar-refractivity contribution in [1.82, 2.24) is 4.72 Å². The van der Waals surface area contributed by atoms with Gasteiger partial charge in [0.1, 0.15) is 4.21 Å². The minimum Gasteiger partial charge on any atom is -0.384 e. The smallest absolute Gasteiger partial charge is 0.250 e. The summed E-state index contributed by atoms with van der Waals surface area (Å²) in [4.78, 5) is 0. The summed E-state index contributed by atoms with van der Waals surface area (Å²) >= 11 is 4.54. The van der Waals surface area contributed by atoms with E-state index in [1.807, 2.05) is 13.8 Å². The van der Waals surface area contributed by atoms with E-state index in [2.05, 4.69) is 20.7 Å². The predicted octanol–water partition coefficient (Wildman–Crippen LogP) is 2.38. The zero-order chi connectivity index (χ0) is 13.1. The van der Waals surface area contributed by atoms with Crippen molar-refractivity contribution in [2.45, 2.75) is 18.1 Å². The fourth-order valence-corrected chi connectivity index (χ4v) is 4.67. The molecule has 0 aliphatic rings. The second-order valence-electron chi connectivity index (χ2n) is 3.93. The predicted molar refractivity (Wildman–Crippen MR) is 73.0 cm³/mol. The maximum Gasteiger partial charge on any atom is 0.250 e. The average molecular weight is 342 g/mol. The van der Waals surface area contributed by atoms with Gasteiger partial charge in [-0.15, -0.1) is 11.3 Å². The van der Waals surface area contributed by atoms with E-state index in [-0.39, 0.29) is 5.92 Å². The van der Waals surface area contributed by atoms with Crippen LogP contribution in [0.2, 0.25) is 0 Å². The van der Waals surface area contributed by atoms with Gasteiger partial charge in [0, 0.05) is 20.3 Å². The van der Waals surface area contributed by atoms with Gasteiger partial charge in [0.05, 0.1) is 3.79 Å². The standard InChI is InChI=1S/C10H16BrNO3S2/c1-7(6-15-3)5-12-17(13,14)9-4-8(2)10(11)16-9/h4,7,12H,5-6H2,1-3H3. The Hall–Kier alpha value is 0.0500. The highest BCUT2D eigenvalue weighted by atomic mass is 79.9. The number of halogens is 1. The third-order valence-corrected chi connectivity index (χ3v) is 6.21. The Kier molecular flexibility index (Phi) is 5.59.